The van der Waals surface area contributed by atoms with Gasteiger partial charge in [0.1, 0.15) is 24.4 Å². The predicted octanol–water partition coefficient (Wildman–Crippen LogP) is 2.99. The lowest BCUT2D eigenvalue weighted by molar-refractivity contribution is -0.128. The number of imidazole rings is 2. The van der Waals surface area contributed by atoms with Gasteiger partial charge in [-0.2, -0.15) is 0 Å². The van der Waals surface area contributed by atoms with E-state index in [0.717, 1.165) is 11.3 Å². The van der Waals surface area contributed by atoms with Gasteiger partial charge in [0, 0.05) is 42.5 Å². The molecule has 10 nitrogen and oxygen atoms in total. The quantitative estimate of drug-likeness (QED) is 0.433. The molecule has 0 aliphatic carbocycles. The van der Waals surface area contributed by atoms with Gasteiger partial charge >= 0.3 is 6.03 Å². The molecule has 4 aromatic rings. The fourth-order valence-corrected chi connectivity index (χ4v) is 3.90. The van der Waals surface area contributed by atoms with E-state index in [1.807, 2.05) is 24.3 Å². The monoisotopic (exact) mass is 484 g/mol. The number of hydrogen-bond acceptors (Lipinski definition) is 6. The van der Waals surface area contributed by atoms with Gasteiger partial charge in [-0.3, -0.25) is 23.5 Å². The average molecular weight is 485 g/mol. The highest BCUT2D eigenvalue weighted by Crippen LogP contribution is 2.29. The lowest BCUT2D eigenvalue weighted by atomic mass is 9.92. The zero-order chi connectivity index (χ0) is 25.7. The Balaban J connectivity index is 0.000000211. The first kappa shape index (κ1) is 24.3. The molecule has 5 rings (SSSR count). The third-order valence-electron chi connectivity index (χ3n) is 5.76. The number of ketones is 1. The van der Waals surface area contributed by atoms with Crippen LogP contribution < -0.4 is 10.6 Å². The number of primary amides is 1. The first-order valence-electron chi connectivity index (χ1n) is 11.2. The Labute approximate surface area is 207 Å². The molecule has 0 saturated carbocycles. The van der Waals surface area contributed by atoms with Gasteiger partial charge in [0.25, 0.3) is 5.91 Å². The van der Waals surface area contributed by atoms with Crippen molar-refractivity contribution >= 4 is 29.3 Å². The molecule has 0 bridgehead atoms. The van der Waals surface area contributed by atoms with E-state index in [1.54, 1.807) is 60.9 Å². The van der Waals surface area contributed by atoms with Crippen LogP contribution in [0.1, 0.15) is 40.7 Å². The largest absolute Gasteiger partial charge is 0.369 e. The number of Topliss-reactive ketones (excluding diaryl/α,β-unsaturated/α-hetero) is 1. The summed E-state index contributed by atoms with van der Waals surface area (Å²) in [4.78, 5) is 56.6. The summed E-state index contributed by atoms with van der Waals surface area (Å²) in [5.74, 6) is -1.84. The van der Waals surface area contributed by atoms with Crippen LogP contribution in [0.15, 0.2) is 86.0 Å². The van der Waals surface area contributed by atoms with Gasteiger partial charge in [-0.25, -0.2) is 14.8 Å². The van der Waals surface area contributed by atoms with Crippen LogP contribution >= 0.6 is 0 Å². The number of nitrogens with zero attached hydrogens (tertiary/aromatic N) is 5. The Bertz CT molecular complexity index is 1340. The normalized spacial score (nSPS) is 12.9. The summed E-state index contributed by atoms with van der Waals surface area (Å²) in [6.45, 7) is 2.22. The summed E-state index contributed by atoms with van der Waals surface area (Å²) in [7, 11) is 0. The van der Waals surface area contributed by atoms with Crippen LogP contribution in [0.5, 0.6) is 0 Å². The second kappa shape index (κ2) is 10.6. The van der Waals surface area contributed by atoms with Gasteiger partial charge < -0.3 is 10.6 Å². The number of fused-ring (bicyclic) bond motifs is 1. The molecule has 2 amide bonds. The minimum absolute atomic E-state index is 0.0468. The molecule has 0 unspecified atom stereocenters. The molecule has 2 aromatic carbocycles. The Kier molecular flexibility index (Phi) is 7.15. The Hall–Kier alpha value is -4.86. The second-order valence-electron chi connectivity index (χ2n) is 8.02. The van der Waals surface area contributed by atoms with E-state index in [2.05, 4.69) is 9.97 Å². The summed E-state index contributed by atoms with van der Waals surface area (Å²) >= 11 is 0. The van der Waals surface area contributed by atoms with Crippen molar-refractivity contribution in [3.8, 4) is 0 Å². The molecule has 1 aliphatic rings. The highest BCUT2D eigenvalue weighted by atomic mass is 16.2. The molecule has 0 saturated heterocycles. The molecule has 0 fully saturated rings. The van der Waals surface area contributed by atoms with Crippen molar-refractivity contribution in [1.29, 1.82) is 0 Å². The lowest BCUT2D eigenvalue weighted by Gasteiger charge is -2.17. The lowest BCUT2D eigenvalue weighted by Crippen LogP contribution is -2.28. The maximum absolute atomic E-state index is 12.5. The molecule has 1 atom stereocenters. The van der Waals surface area contributed by atoms with Crippen LogP contribution in [0, 0.1) is 0 Å². The third-order valence-corrected chi connectivity index (χ3v) is 5.76. The molecular weight excluding hydrogens is 460 g/mol. The fourth-order valence-electron chi connectivity index (χ4n) is 3.90. The molecule has 1 aliphatic heterocycles. The first-order chi connectivity index (χ1) is 17.4. The van der Waals surface area contributed by atoms with Crippen molar-refractivity contribution in [3.05, 3.63) is 103 Å². The van der Waals surface area contributed by atoms with E-state index in [-0.39, 0.29) is 24.1 Å². The molecule has 0 spiro atoms. The number of aromatic nitrogens is 4. The molecular formula is C26H24N6O4. The van der Waals surface area contributed by atoms with Gasteiger partial charge in [0.15, 0.2) is 0 Å². The summed E-state index contributed by atoms with van der Waals surface area (Å²) < 4.78 is 2.75. The number of hydrogen-bond donors (Lipinski definition) is 1. The standard InChI is InChI=1S/C19H18N2O3.C7H6N4O/c1-2-16(22)17(18(20)23)12-7-9-14(10-8-12)21-11-13-5-3-4-6-15(13)19(21)24;12-7(10-3-1-8-5-10)11-4-2-9-6-11/h3-10,17H,2,11H2,1H3,(H2,20,23);1-6H/t17-;/m1./s1. The van der Waals surface area contributed by atoms with E-state index in [0.29, 0.717) is 17.7 Å². The third kappa shape index (κ3) is 4.97. The van der Waals surface area contributed by atoms with Crippen LogP contribution in [-0.2, 0) is 16.1 Å². The number of carbonyl (C=O) groups is 4. The molecule has 36 heavy (non-hydrogen) atoms. The molecule has 0 radical (unpaired) electrons. The Morgan fingerprint density at radius 3 is 2.06 bits per heavy atom. The molecule has 3 heterocycles. The van der Waals surface area contributed by atoms with E-state index >= 15 is 0 Å². The van der Waals surface area contributed by atoms with E-state index in [1.165, 1.54) is 21.8 Å². The minimum atomic E-state index is -0.935. The summed E-state index contributed by atoms with van der Waals surface area (Å²) in [6.07, 6.45) is 9.41. The molecule has 2 aromatic heterocycles. The van der Waals surface area contributed by atoms with Gasteiger partial charge in [0.05, 0.1) is 6.54 Å². The maximum atomic E-state index is 12.5. The summed E-state index contributed by atoms with van der Waals surface area (Å²) in [5, 5.41) is 0. The van der Waals surface area contributed by atoms with Gasteiger partial charge in [-0.05, 0) is 29.3 Å². The second-order valence-corrected chi connectivity index (χ2v) is 8.02. The number of rotatable bonds is 5. The molecule has 182 valence electrons. The average Bonchev–Trinajstić information content (AvgIpc) is 3.67. The van der Waals surface area contributed by atoms with Gasteiger partial charge in [0.2, 0.25) is 5.91 Å². The minimum Gasteiger partial charge on any atom is -0.369 e. The van der Waals surface area contributed by atoms with Gasteiger partial charge in [-0.15, -0.1) is 0 Å². The molecule has 2 N–H and O–H groups in total. The van der Waals surface area contributed by atoms with Crippen LogP contribution in [0.2, 0.25) is 0 Å². The van der Waals surface area contributed by atoms with Crippen molar-refractivity contribution in [2.75, 3.05) is 4.90 Å². The van der Waals surface area contributed by atoms with Crippen molar-refractivity contribution in [2.24, 2.45) is 5.73 Å². The van der Waals surface area contributed by atoms with Crippen molar-refractivity contribution in [2.45, 2.75) is 25.8 Å². The zero-order valence-electron chi connectivity index (χ0n) is 19.5. The Morgan fingerprint density at radius 2 is 1.56 bits per heavy atom. The first-order valence-corrected chi connectivity index (χ1v) is 11.2. The van der Waals surface area contributed by atoms with E-state index < -0.39 is 11.8 Å². The highest BCUT2D eigenvalue weighted by molar-refractivity contribution is 6.10. The summed E-state index contributed by atoms with van der Waals surface area (Å²) in [5.41, 5.74) is 8.34. The Morgan fingerprint density at radius 1 is 0.944 bits per heavy atom. The number of nitrogens with two attached hydrogens (primary N) is 1. The van der Waals surface area contributed by atoms with Crippen molar-refractivity contribution in [3.63, 3.8) is 0 Å². The van der Waals surface area contributed by atoms with E-state index in [9.17, 15) is 19.2 Å². The number of benzene rings is 2. The van der Waals surface area contributed by atoms with Crippen LogP contribution in [0.4, 0.5) is 10.5 Å². The topological polar surface area (TPSA) is 133 Å². The van der Waals surface area contributed by atoms with Crippen LogP contribution in [0.25, 0.3) is 0 Å². The van der Waals surface area contributed by atoms with E-state index in [4.69, 9.17) is 5.73 Å². The van der Waals surface area contributed by atoms with Crippen molar-refractivity contribution in [1.82, 2.24) is 19.1 Å². The van der Waals surface area contributed by atoms with Gasteiger partial charge in [-0.1, -0.05) is 37.3 Å². The number of anilines is 1. The molecule has 10 heteroatoms. The van der Waals surface area contributed by atoms with Crippen molar-refractivity contribution < 1.29 is 19.2 Å². The smallest absolute Gasteiger partial charge is 0.338 e. The number of amides is 2. The zero-order valence-corrected chi connectivity index (χ0v) is 19.5. The van der Waals surface area contributed by atoms with Crippen LogP contribution in [-0.4, -0.2) is 42.7 Å². The summed E-state index contributed by atoms with van der Waals surface area (Å²) in [6, 6.07) is 14.2. The predicted molar refractivity (Wildman–Crippen MR) is 131 cm³/mol. The fraction of sp³-hybridized carbons (Fsp3) is 0.154. The maximum Gasteiger partial charge on any atom is 0.338 e. The number of carbonyl (C=O) groups excluding carboxylic acids is 4. The SMILES string of the molecule is CCC(=O)[C@H](C(N)=O)c1ccc(N2Cc3ccccc3C2=O)cc1.O=C(n1ccnc1)n1ccnc1. The highest BCUT2D eigenvalue weighted by Gasteiger charge is 2.29. The van der Waals surface area contributed by atoms with Crippen LogP contribution in [0.3, 0.4) is 0 Å².